The molecule has 0 aliphatic heterocycles. The van der Waals surface area contributed by atoms with Gasteiger partial charge in [-0.05, 0) is 32.6 Å². The fourth-order valence-corrected chi connectivity index (χ4v) is 1.65. The van der Waals surface area contributed by atoms with Crippen LogP contribution in [-0.4, -0.2) is 24.4 Å². The van der Waals surface area contributed by atoms with Crippen molar-refractivity contribution in [1.29, 1.82) is 0 Å². The van der Waals surface area contributed by atoms with Gasteiger partial charge in [0.15, 0.2) is 0 Å². The Morgan fingerprint density at radius 3 is 2.14 bits per heavy atom. The normalized spacial score (nSPS) is 13.1. The Kier molecular flexibility index (Phi) is 10.9. The van der Waals surface area contributed by atoms with Crippen LogP contribution in [0.5, 0.6) is 0 Å². The Morgan fingerprint density at radius 2 is 1.64 bits per heavy atom. The molecule has 0 bridgehead atoms. The summed E-state index contributed by atoms with van der Waals surface area (Å²) in [6, 6.07) is 0. The third-order valence-electron chi connectivity index (χ3n) is 2.47. The molecule has 0 rings (SSSR count). The van der Waals surface area contributed by atoms with Crippen LogP contribution in [0.2, 0.25) is 0 Å². The summed E-state index contributed by atoms with van der Waals surface area (Å²) >= 11 is 0. The molecule has 14 heavy (non-hydrogen) atoms. The number of aliphatic hydroxyl groups excluding tert-OH is 1. The largest absolute Gasteiger partial charge is 0.396 e. The van der Waals surface area contributed by atoms with Gasteiger partial charge in [-0.2, -0.15) is 0 Å². The van der Waals surface area contributed by atoms with Gasteiger partial charge < -0.3 is 9.84 Å². The van der Waals surface area contributed by atoms with Crippen molar-refractivity contribution in [2.24, 2.45) is 0 Å². The predicted octanol–water partition coefficient (Wildman–Crippen LogP) is 3.13. The zero-order valence-corrected chi connectivity index (χ0v) is 9.80. The summed E-state index contributed by atoms with van der Waals surface area (Å²) in [5, 5.41) is 8.68. The van der Waals surface area contributed by atoms with Gasteiger partial charge in [-0.1, -0.05) is 26.2 Å². The lowest BCUT2D eigenvalue weighted by Crippen LogP contribution is -2.13. The van der Waals surface area contributed by atoms with E-state index in [1.54, 1.807) is 0 Å². The molecule has 0 amide bonds. The predicted molar refractivity (Wildman–Crippen MR) is 60.5 cm³/mol. The van der Waals surface area contributed by atoms with Crippen molar-refractivity contribution in [1.82, 2.24) is 0 Å². The van der Waals surface area contributed by atoms with Gasteiger partial charge in [-0.25, -0.2) is 0 Å². The molecule has 86 valence electrons. The molecule has 0 saturated heterocycles. The van der Waals surface area contributed by atoms with E-state index in [1.807, 2.05) is 0 Å². The highest BCUT2D eigenvalue weighted by atomic mass is 16.5. The maximum Gasteiger partial charge on any atom is 0.0575 e. The summed E-state index contributed by atoms with van der Waals surface area (Å²) in [6.07, 6.45) is 8.59. The van der Waals surface area contributed by atoms with Crippen LogP contribution < -0.4 is 0 Å². The topological polar surface area (TPSA) is 29.5 Å². The molecule has 0 aliphatic rings. The minimum absolute atomic E-state index is 0.313. The van der Waals surface area contributed by atoms with E-state index in [0.29, 0.717) is 12.7 Å². The van der Waals surface area contributed by atoms with Crippen molar-refractivity contribution >= 4 is 0 Å². The number of ether oxygens (including phenoxy) is 1. The van der Waals surface area contributed by atoms with E-state index in [9.17, 15) is 0 Å². The standard InChI is InChI=1S/C12H26O2/c1-3-5-6-9-12(14-4-2)10-7-8-11-13/h12-13H,3-11H2,1-2H3. The number of aliphatic hydroxyl groups is 1. The maximum absolute atomic E-state index is 8.68. The number of unbranched alkanes of at least 4 members (excludes halogenated alkanes) is 3. The first-order chi connectivity index (χ1) is 6.85. The fraction of sp³-hybridized carbons (Fsp3) is 1.00. The SMILES string of the molecule is CCCCCC(CCCCO)OCC. The first-order valence-electron chi connectivity index (χ1n) is 6.07. The average Bonchev–Trinajstić information content (AvgIpc) is 2.18. The van der Waals surface area contributed by atoms with Gasteiger partial charge in [0.2, 0.25) is 0 Å². The highest BCUT2D eigenvalue weighted by Gasteiger charge is 2.07. The maximum atomic E-state index is 8.68. The third-order valence-corrected chi connectivity index (χ3v) is 2.47. The van der Waals surface area contributed by atoms with Crippen LogP contribution in [0.3, 0.4) is 0 Å². The molecule has 1 atom stereocenters. The molecule has 0 aromatic rings. The Hall–Kier alpha value is -0.0800. The van der Waals surface area contributed by atoms with Crippen molar-refractivity contribution in [2.45, 2.75) is 64.9 Å². The smallest absolute Gasteiger partial charge is 0.0575 e. The van der Waals surface area contributed by atoms with Crippen molar-refractivity contribution in [2.75, 3.05) is 13.2 Å². The fourth-order valence-electron chi connectivity index (χ4n) is 1.65. The number of hydrogen-bond donors (Lipinski definition) is 1. The Bertz CT molecular complexity index is 94.5. The molecule has 0 aromatic heterocycles. The molecule has 0 radical (unpaired) electrons. The van der Waals surface area contributed by atoms with E-state index in [0.717, 1.165) is 25.9 Å². The molecule has 0 heterocycles. The summed E-state index contributed by atoms with van der Waals surface area (Å²) in [7, 11) is 0. The van der Waals surface area contributed by atoms with Crippen molar-refractivity contribution < 1.29 is 9.84 Å². The minimum Gasteiger partial charge on any atom is -0.396 e. The van der Waals surface area contributed by atoms with E-state index in [2.05, 4.69) is 13.8 Å². The lowest BCUT2D eigenvalue weighted by molar-refractivity contribution is 0.0463. The molecule has 0 fully saturated rings. The summed E-state index contributed by atoms with van der Waals surface area (Å²) < 4.78 is 5.65. The first-order valence-corrected chi connectivity index (χ1v) is 6.07. The Balaban J connectivity index is 3.44. The van der Waals surface area contributed by atoms with Crippen LogP contribution in [-0.2, 0) is 4.74 Å². The van der Waals surface area contributed by atoms with Gasteiger partial charge in [0.25, 0.3) is 0 Å². The molecule has 0 aromatic carbocycles. The van der Waals surface area contributed by atoms with E-state index >= 15 is 0 Å². The van der Waals surface area contributed by atoms with Crippen LogP contribution in [0.25, 0.3) is 0 Å². The zero-order chi connectivity index (χ0) is 10.6. The lowest BCUT2D eigenvalue weighted by Gasteiger charge is -2.16. The summed E-state index contributed by atoms with van der Waals surface area (Å²) in [6.45, 7) is 5.41. The summed E-state index contributed by atoms with van der Waals surface area (Å²) in [5.74, 6) is 0. The van der Waals surface area contributed by atoms with Gasteiger partial charge in [-0.3, -0.25) is 0 Å². The van der Waals surface area contributed by atoms with Crippen LogP contribution in [0, 0.1) is 0 Å². The van der Waals surface area contributed by atoms with E-state index < -0.39 is 0 Å². The van der Waals surface area contributed by atoms with Crippen LogP contribution in [0.1, 0.15) is 58.8 Å². The Labute approximate surface area is 88.7 Å². The third kappa shape index (κ3) is 8.52. The van der Waals surface area contributed by atoms with Crippen molar-refractivity contribution in [3.05, 3.63) is 0 Å². The molecule has 0 spiro atoms. The van der Waals surface area contributed by atoms with Gasteiger partial charge in [0.05, 0.1) is 6.10 Å². The molecule has 1 N–H and O–H groups in total. The summed E-state index contributed by atoms with van der Waals surface area (Å²) in [4.78, 5) is 0. The second-order valence-corrected chi connectivity index (χ2v) is 3.79. The highest BCUT2D eigenvalue weighted by molar-refractivity contribution is 4.58. The van der Waals surface area contributed by atoms with Crippen molar-refractivity contribution in [3.63, 3.8) is 0 Å². The second-order valence-electron chi connectivity index (χ2n) is 3.79. The first kappa shape index (κ1) is 13.9. The molecule has 1 unspecified atom stereocenters. The average molecular weight is 202 g/mol. The second kappa shape index (κ2) is 11.0. The van der Waals surface area contributed by atoms with Gasteiger partial charge in [0.1, 0.15) is 0 Å². The van der Waals surface area contributed by atoms with Gasteiger partial charge in [-0.15, -0.1) is 0 Å². The minimum atomic E-state index is 0.313. The number of rotatable bonds is 10. The highest BCUT2D eigenvalue weighted by Crippen LogP contribution is 2.13. The zero-order valence-electron chi connectivity index (χ0n) is 9.80. The van der Waals surface area contributed by atoms with E-state index in [-0.39, 0.29) is 0 Å². The lowest BCUT2D eigenvalue weighted by atomic mass is 10.1. The molecule has 0 aliphatic carbocycles. The van der Waals surface area contributed by atoms with Crippen molar-refractivity contribution in [3.8, 4) is 0 Å². The molecule has 2 heteroatoms. The Morgan fingerprint density at radius 1 is 1.00 bits per heavy atom. The quantitative estimate of drug-likeness (QED) is 0.551. The molecular formula is C12H26O2. The molecular weight excluding hydrogens is 176 g/mol. The number of hydrogen-bond acceptors (Lipinski definition) is 2. The van der Waals surface area contributed by atoms with Gasteiger partial charge in [0, 0.05) is 13.2 Å². The monoisotopic (exact) mass is 202 g/mol. The molecule has 0 saturated carbocycles. The van der Waals surface area contributed by atoms with E-state index in [1.165, 1.54) is 25.7 Å². The van der Waals surface area contributed by atoms with Gasteiger partial charge >= 0.3 is 0 Å². The van der Waals surface area contributed by atoms with Crippen LogP contribution in [0.4, 0.5) is 0 Å². The molecule has 2 nitrogen and oxygen atoms in total. The van der Waals surface area contributed by atoms with E-state index in [4.69, 9.17) is 9.84 Å². The van der Waals surface area contributed by atoms with Crippen LogP contribution in [0.15, 0.2) is 0 Å². The van der Waals surface area contributed by atoms with Crippen LogP contribution >= 0.6 is 0 Å². The summed E-state index contributed by atoms with van der Waals surface area (Å²) in [5.41, 5.74) is 0.